The average Bonchev–Trinajstić information content (AvgIpc) is 2.21. The van der Waals surface area contributed by atoms with Gasteiger partial charge in [-0.3, -0.25) is 0 Å². The lowest BCUT2D eigenvalue weighted by Crippen LogP contribution is -2.42. The fraction of sp³-hybridized carbons (Fsp3) is 0.909. The maximum atomic E-state index is 11.4. The van der Waals surface area contributed by atoms with Crippen molar-refractivity contribution < 1.29 is 19.0 Å². The van der Waals surface area contributed by atoms with Gasteiger partial charge in [-0.05, 0) is 20.8 Å². The number of alkyl carbamates (subject to hydrolysis) is 1. The number of methoxy groups -OCH3 is 2. The fourth-order valence-corrected chi connectivity index (χ4v) is 1.30. The Kier molecular flexibility index (Phi) is 7.10. The first-order valence-corrected chi connectivity index (χ1v) is 5.56. The van der Waals surface area contributed by atoms with E-state index in [1.54, 1.807) is 20.8 Å². The number of hydrogen-bond donors (Lipinski definition) is 2. The summed E-state index contributed by atoms with van der Waals surface area (Å²) in [5, 5.41) is 2.64. The molecule has 0 aliphatic carbocycles. The summed E-state index contributed by atoms with van der Waals surface area (Å²) in [5.41, 5.74) is 5.08. The van der Waals surface area contributed by atoms with Crippen molar-refractivity contribution in [2.75, 3.05) is 27.3 Å². The molecule has 102 valence electrons. The van der Waals surface area contributed by atoms with Crippen molar-refractivity contribution in [3.8, 4) is 0 Å². The van der Waals surface area contributed by atoms with Gasteiger partial charge >= 0.3 is 6.09 Å². The molecule has 0 heterocycles. The van der Waals surface area contributed by atoms with E-state index >= 15 is 0 Å². The molecule has 0 rings (SSSR count). The summed E-state index contributed by atoms with van der Waals surface area (Å²) in [6.07, 6.45) is -0.906. The highest BCUT2D eigenvalue weighted by Crippen LogP contribution is 2.08. The van der Waals surface area contributed by atoms with Crippen LogP contribution < -0.4 is 11.1 Å². The third-order valence-corrected chi connectivity index (χ3v) is 2.06. The van der Waals surface area contributed by atoms with Crippen molar-refractivity contribution in [3.05, 3.63) is 0 Å². The SMILES string of the molecule is COC(OC)C(CN)CNC(=O)OC(C)(C)C. The number of nitrogens with one attached hydrogen (secondary N) is 1. The average molecular weight is 248 g/mol. The zero-order chi connectivity index (χ0) is 13.5. The fourth-order valence-electron chi connectivity index (χ4n) is 1.30. The largest absolute Gasteiger partial charge is 0.444 e. The van der Waals surface area contributed by atoms with Gasteiger partial charge in [0.1, 0.15) is 5.60 Å². The van der Waals surface area contributed by atoms with Crippen LogP contribution in [0, 0.1) is 5.92 Å². The number of hydrogen-bond acceptors (Lipinski definition) is 5. The second kappa shape index (κ2) is 7.47. The molecule has 0 radical (unpaired) electrons. The van der Waals surface area contributed by atoms with Crippen LogP contribution in [0.5, 0.6) is 0 Å². The van der Waals surface area contributed by atoms with Gasteiger partial charge in [0, 0.05) is 33.2 Å². The van der Waals surface area contributed by atoms with Gasteiger partial charge in [-0.2, -0.15) is 0 Å². The molecule has 6 nitrogen and oxygen atoms in total. The van der Waals surface area contributed by atoms with Gasteiger partial charge in [0.25, 0.3) is 0 Å². The standard InChI is InChI=1S/C11H24N2O4/c1-11(2,3)17-10(14)13-7-8(6-12)9(15-4)16-5/h8-9H,6-7,12H2,1-5H3,(H,13,14). The molecule has 6 heteroatoms. The van der Waals surface area contributed by atoms with Gasteiger partial charge in [-0.1, -0.05) is 0 Å². The maximum absolute atomic E-state index is 11.4. The van der Waals surface area contributed by atoms with E-state index in [4.69, 9.17) is 19.9 Å². The monoisotopic (exact) mass is 248 g/mol. The molecule has 0 aliphatic rings. The summed E-state index contributed by atoms with van der Waals surface area (Å²) in [6, 6.07) is 0. The number of rotatable bonds is 6. The quantitative estimate of drug-likeness (QED) is 0.676. The van der Waals surface area contributed by atoms with Gasteiger partial charge in [-0.25, -0.2) is 4.79 Å². The summed E-state index contributed by atoms with van der Waals surface area (Å²) < 4.78 is 15.3. The lowest BCUT2D eigenvalue weighted by atomic mass is 10.1. The van der Waals surface area contributed by atoms with Crippen molar-refractivity contribution in [2.24, 2.45) is 11.7 Å². The molecular formula is C11H24N2O4. The molecule has 1 unspecified atom stereocenters. The predicted octanol–water partition coefficient (Wildman–Crippen LogP) is 0.705. The molecule has 0 saturated carbocycles. The van der Waals surface area contributed by atoms with Crippen molar-refractivity contribution in [1.82, 2.24) is 5.32 Å². The number of amides is 1. The normalized spacial score (nSPS) is 13.6. The van der Waals surface area contributed by atoms with Crippen LogP contribution in [0.15, 0.2) is 0 Å². The van der Waals surface area contributed by atoms with Gasteiger partial charge in [-0.15, -0.1) is 0 Å². The minimum atomic E-state index is -0.510. The summed E-state index contributed by atoms with van der Waals surface area (Å²) in [5.74, 6) is -0.113. The molecule has 3 N–H and O–H groups in total. The molecule has 17 heavy (non-hydrogen) atoms. The van der Waals surface area contributed by atoms with E-state index < -0.39 is 18.0 Å². The highest BCUT2D eigenvalue weighted by molar-refractivity contribution is 5.67. The molecule has 1 atom stereocenters. The Morgan fingerprint density at radius 2 is 1.82 bits per heavy atom. The number of carbonyl (C=O) groups excluding carboxylic acids is 1. The lowest BCUT2D eigenvalue weighted by molar-refractivity contribution is -0.133. The Balaban J connectivity index is 4.10. The highest BCUT2D eigenvalue weighted by Gasteiger charge is 2.22. The van der Waals surface area contributed by atoms with Crippen LogP contribution in [-0.2, 0) is 14.2 Å². The second-order valence-corrected chi connectivity index (χ2v) is 4.72. The summed E-state index contributed by atoms with van der Waals surface area (Å²) in [4.78, 5) is 11.4. The number of carbonyl (C=O) groups is 1. The molecule has 1 amide bonds. The van der Waals surface area contributed by atoms with E-state index in [9.17, 15) is 4.79 Å². The molecule has 0 aromatic heterocycles. The molecule has 0 spiro atoms. The van der Waals surface area contributed by atoms with E-state index in [0.29, 0.717) is 13.1 Å². The molecule has 0 fully saturated rings. The van der Waals surface area contributed by atoms with E-state index in [1.807, 2.05) is 0 Å². The van der Waals surface area contributed by atoms with Crippen molar-refractivity contribution in [2.45, 2.75) is 32.7 Å². The van der Waals surface area contributed by atoms with E-state index in [1.165, 1.54) is 14.2 Å². The van der Waals surface area contributed by atoms with Crippen LogP contribution in [0.3, 0.4) is 0 Å². The molecule has 0 saturated heterocycles. The first-order chi connectivity index (χ1) is 7.84. The van der Waals surface area contributed by atoms with Crippen LogP contribution in [0.2, 0.25) is 0 Å². The smallest absolute Gasteiger partial charge is 0.407 e. The zero-order valence-electron chi connectivity index (χ0n) is 11.3. The topological polar surface area (TPSA) is 82.8 Å². The van der Waals surface area contributed by atoms with Crippen LogP contribution in [0.4, 0.5) is 4.79 Å². The van der Waals surface area contributed by atoms with Crippen LogP contribution >= 0.6 is 0 Å². The van der Waals surface area contributed by atoms with E-state index in [-0.39, 0.29) is 5.92 Å². The Morgan fingerprint density at radius 1 is 1.29 bits per heavy atom. The van der Waals surface area contributed by atoms with Gasteiger partial charge in [0.05, 0.1) is 0 Å². The Morgan fingerprint density at radius 3 is 2.18 bits per heavy atom. The minimum Gasteiger partial charge on any atom is -0.444 e. The van der Waals surface area contributed by atoms with Gasteiger partial charge in [0.15, 0.2) is 6.29 Å². The lowest BCUT2D eigenvalue weighted by Gasteiger charge is -2.25. The molecular weight excluding hydrogens is 224 g/mol. The van der Waals surface area contributed by atoms with E-state index in [2.05, 4.69) is 5.32 Å². The first kappa shape index (κ1) is 16.1. The Bertz CT molecular complexity index is 224. The van der Waals surface area contributed by atoms with Crippen LogP contribution in [-0.4, -0.2) is 45.3 Å². The van der Waals surface area contributed by atoms with E-state index in [0.717, 1.165) is 0 Å². The van der Waals surface area contributed by atoms with Crippen molar-refractivity contribution in [3.63, 3.8) is 0 Å². The van der Waals surface area contributed by atoms with Gasteiger partial charge < -0.3 is 25.3 Å². The Labute approximate surface area is 103 Å². The summed E-state index contributed by atoms with van der Waals surface area (Å²) in [7, 11) is 3.06. The van der Waals surface area contributed by atoms with Crippen LogP contribution in [0.1, 0.15) is 20.8 Å². The maximum Gasteiger partial charge on any atom is 0.407 e. The molecule has 0 aromatic rings. The molecule has 0 bridgehead atoms. The first-order valence-electron chi connectivity index (χ1n) is 5.56. The third kappa shape index (κ3) is 7.14. The van der Waals surface area contributed by atoms with Crippen molar-refractivity contribution >= 4 is 6.09 Å². The highest BCUT2D eigenvalue weighted by atomic mass is 16.7. The number of ether oxygens (including phenoxy) is 3. The predicted molar refractivity (Wildman–Crippen MR) is 64.6 cm³/mol. The summed E-state index contributed by atoms with van der Waals surface area (Å²) >= 11 is 0. The Hall–Kier alpha value is -0.850. The molecule has 0 aliphatic heterocycles. The number of nitrogens with two attached hydrogens (primary N) is 1. The second-order valence-electron chi connectivity index (χ2n) is 4.72. The third-order valence-electron chi connectivity index (χ3n) is 2.06. The van der Waals surface area contributed by atoms with Crippen LogP contribution in [0.25, 0.3) is 0 Å². The zero-order valence-corrected chi connectivity index (χ0v) is 11.3. The van der Waals surface area contributed by atoms with Gasteiger partial charge in [0.2, 0.25) is 0 Å². The molecule has 0 aromatic carbocycles. The van der Waals surface area contributed by atoms with Crippen molar-refractivity contribution in [1.29, 1.82) is 0 Å². The minimum absolute atomic E-state index is 0.113. The summed E-state index contributed by atoms with van der Waals surface area (Å²) in [6.45, 7) is 6.11.